The van der Waals surface area contributed by atoms with Crippen molar-refractivity contribution in [2.75, 3.05) is 0 Å². The second kappa shape index (κ2) is 2.40. The van der Waals surface area contributed by atoms with Crippen molar-refractivity contribution in [3.05, 3.63) is 0 Å². The van der Waals surface area contributed by atoms with Gasteiger partial charge in [0.05, 0.1) is 0 Å². The van der Waals surface area contributed by atoms with Crippen molar-refractivity contribution in [3.8, 4) is 0 Å². The Labute approximate surface area is 67.3 Å². The van der Waals surface area contributed by atoms with Crippen LogP contribution >= 0.6 is 0 Å². The van der Waals surface area contributed by atoms with Gasteiger partial charge >= 0.3 is 5.97 Å². The topological polar surface area (TPSA) is 96.2 Å². The van der Waals surface area contributed by atoms with Gasteiger partial charge in [0.15, 0.2) is 18.5 Å². The van der Waals surface area contributed by atoms with E-state index in [9.17, 15) is 4.79 Å². The number of rotatable bonds is 0. The van der Waals surface area contributed by atoms with Crippen LogP contribution in [0.3, 0.4) is 0 Å². The Morgan fingerprint density at radius 3 is 2.42 bits per heavy atom. The van der Waals surface area contributed by atoms with E-state index in [1.54, 1.807) is 0 Å². The quantitative estimate of drug-likeness (QED) is 0.349. The molecule has 1 unspecified atom stereocenters. The van der Waals surface area contributed by atoms with Crippen LogP contribution in [0, 0.1) is 0 Å². The molecule has 2 aliphatic rings. The molecule has 0 aromatic rings. The van der Waals surface area contributed by atoms with Crippen molar-refractivity contribution in [2.45, 2.75) is 30.7 Å². The van der Waals surface area contributed by atoms with Crippen LogP contribution in [0.25, 0.3) is 0 Å². The number of esters is 1. The Balaban J connectivity index is 2.19. The second-order valence-electron chi connectivity index (χ2n) is 2.83. The molecule has 0 aliphatic carbocycles. The maximum absolute atomic E-state index is 10.7. The van der Waals surface area contributed by atoms with E-state index >= 15 is 0 Å². The van der Waals surface area contributed by atoms with Crippen LogP contribution in [0.15, 0.2) is 0 Å². The summed E-state index contributed by atoms with van der Waals surface area (Å²) >= 11 is 0. The zero-order chi connectivity index (χ0) is 8.88. The fraction of sp³-hybridized carbons (Fsp3) is 0.833. The van der Waals surface area contributed by atoms with Crippen LogP contribution in [0.4, 0.5) is 0 Å². The Morgan fingerprint density at radius 1 is 1.17 bits per heavy atom. The lowest BCUT2D eigenvalue weighted by molar-refractivity contribution is -0.168. The summed E-state index contributed by atoms with van der Waals surface area (Å²) in [6, 6.07) is 0. The predicted octanol–water partition coefficient (Wildman–Crippen LogP) is -2.65. The van der Waals surface area contributed by atoms with Crippen LogP contribution in [-0.4, -0.2) is 52.0 Å². The Hall–Kier alpha value is -0.690. The third kappa shape index (κ3) is 0.862. The van der Waals surface area contributed by atoms with Gasteiger partial charge in [-0.3, -0.25) is 0 Å². The zero-order valence-corrected chi connectivity index (χ0v) is 5.95. The van der Waals surface area contributed by atoms with E-state index in [0.29, 0.717) is 0 Å². The number of aliphatic hydroxyl groups is 3. The smallest absolute Gasteiger partial charge is 0.338 e. The number of hydrogen-bond acceptors (Lipinski definition) is 6. The van der Waals surface area contributed by atoms with Gasteiger partial charge in [-0.2, -0.15) is 0 Å². The first-order chi connectivity index (χ1) is 5.61. The normalized spacial score (nSPS) is 52.2. The van der Waals surface area contributed by atoms with Crippen molar-refractivity contribution in [3.63, 3.8) is 0 Å². The third-order valence-corrected chi connectivity index (χ3v) is 2.05. The summed E-state index contributed by atoms with van der Waals surface area (Å²) in [4.78, 5) is 10.7. The largest absolute Gasteiger partial charge is 0.454 e. The van der Waals surface area contributed by atoms with E-state index in [2.05, 4.69) is 9.47 Å². The Kier molecular flexibility index (Phi) is 1.58. The van der Waals surface area contributed by atoms with Crippen LogP contribution in [0.1, 0.15) is 0 Å². The highest BCUT2D eigenvalue weighted by atomic mass is 16.7. The first-order valence-corrected chi connectivity index (χ1v) is 3.51. The maximum Gasteiger partial charge on any atom is 0.338 e. The lowest BCUT2D eigenvalue weighted by Gasteiger charge is -2.10. The summed E-state index contributed by atoms with van der Waals surface area (Å²) in [5.41, 5.74) is 0. The van der Waals surface area contributed by atoms with Crippen LogP contribution in [-0.2, 0) is 14.3 Å². The fourth-order valence-corrected chi connectivity index (χ4v) is 1.40. The molecule has 0 bridgehead atoms. The Bertz CT molecular complexity index is 216. The number of ether oxygens (including phenoxy) is 2. The van der Waals surface area contributed by atoms with Gasteiger partial charge in [0.2, 0.25) is 0 Å². The molecule has 0 saturated carbocycles. The van der Waals surface area contributed by atoms with E-state index in [4.69, 9.17) is 15.3 Å². The molecular weight excluding hydrogens is 168 g/mol. The van der Waals surface area contributed by atoms with Crippen molar-refractivity contribution < 1.29 is 29.6 Å². The average Bonchev–Trinajstić information content (AvgIpc) is 2.43. The second-order valence-corrected chi connectivity index (χ2v) is 2.83. The molecule has 5 atom stereocenters. The molecule has 2 heterocycles. The molecule has 2 aliphatic heterocycles. The molecule has 2 saturated heterocycles. The van der Waals surface area contributed by atoms with Crippen molar-refractivity contribution in [2.24, 2.45) is 0 Å². The van der Waals surface area contributed by atoms with E-state index in [-0.39, 0.29) is 0 Å². The average molecular weight is 176 g/mol. The lowest BCUT2D eigenvalue weighted by atomic mass is 10.1. The van der Waals surface area contributed by atoms with Gasteiger partial charge in [0.1, 0.15) is 12.2 Å². The number of carbonyl (C=O) groups is 1. The number of hydrogen-bond donors (Lipinski definition) is 3. The van der Waals surface area contributed by atoms with E-state index in [1.165, 1.54) is 0 Å². The molecule has 0 amide bonds. The molecule has 6 nitrogen and oxygen atoms in total. The lowest BCUT2D eigenvalue weighted by Crippen LogP contribution is -2.32. The minimum Gasteiger partial charge on any atom is -0.454 e. The number of fused-ring (bicyclic) bond motifs is 1. The van der Waals surface area contributed by atoms with Gasteiger partial charge in [-0.05, 0) is 0 Å². The highest BCUT2D eigenvalue weighted by Gasteiger charge is 2.56. The van der Waals surface area contributed by atoms with Gasteiger partial charge in [0.25, 0.3) is 0 Å². The highest BCUT2D eigenvalue weighted by Crippen LogP contribution is 2.30. The van der Waals surface area contributed by atoms with Gasteiger partial charge in [-0.1, -0.05) is 0 Å². The summed E-state index contributed by atoms with van der Waals surface area (Å²) in [5.74, 6) is -0.823. The fourth-order valence-electron chi connectivity index (χ4n) is 1.40. The van der Waals surface area contributed by atoms with Crippen molar-refractivity contribution in [1.82, 2.24) is 0 Å². The molecule has 68 valence electrons. The molecule has 2 fully saturated rings. The summed E-state index contributed by atoms with van der Waals surface area (Å²) in [5, 5.41) is 27.2. The highest BCUT2D eigenvalue weighted by molar-refractivity contribution is 5.78. The number of carbonyl (C=O) groups excluding carboxylic acids is 1. The first kappa shape index (κ1) is 7.93. The first-order valence-electron chi connectivity index (χ1n) is 3.51. The summed E-state index contributed by atoms with van der Waals surface area (Å²) in [6.45, 7) is 0. The summed E-state index contributed by atoms with van der Waals surface area (Å²) in [6.07, 6.45) is -5.94. The minimum atomic E-state index is -1.40. The van der Waals surface area contributed by atoms with Gasteiger partial charge in [0, 0.05) is 0 Å². The molecule has 0 spiro atoms. The van der Waals surface area contributed by atoms with E-state index in [1.807, 2.05) is 0 Å². The Morgan fingerprint density at radius 2 is 1.83 bits per heavy atom. The van der Waals surface area contributed by atoms with E-state index in [0.717, 1.165) is 0 Å². The molecular formula is C6H8O6. The summed E-state index contributed by atoms with van der Waals surface area (Å²) < 4.78 is 9.25. The summed E-state index contributed by atoms with van der Waals surface area (Å²) in [7, 11) is 0. The van der Waals surface area contributed by atoms with Crippen LogP contribution < -0.4 is 0 Å². The van der Waals surface area contributed by atoms with Gasteiger partial charge < -0.3 is 24.8 Å². The molecule has 3 N–H and O–H groups in total. The number of aliphatic hydroxyl groups excluding tert-OH is 3. The molecule has 0 aromatic heterocycles. The van der Waals surface area contributed by atoms with Crippen LogP contribution in [0.2, 0.25) is 0 Å². The van der Waals surface area contributed by atoms with Crippen molar-refractivity contribution >= 4 is 5.97 Å². The molecule has 12 heavy (non-hydrogen) atoms. The standard InChI is InChI=1S/C6H8O6/c7-1-3-4(12-5(1)9)2(8)6(10)11-3/h1-5,7-9H/t1-,2+,3-,4-,5?/m1/s1. The molecule has 0 aromatic carbocycles. The van der Waals surface area contributed by atoms with Gasteiger partial charge in [-0.25, -0.2) is 4.79 Å². The molecule has 6 heteroatoms. The van der Waals surface area contributed by atoms with E-state index < -0.39 is 36.7 Å². The monoisotopic (exact) mass is 176 g/mol. The predicted molar refractivity (Wildman–Crippen MR) is 32.8 cm³/mol. The van der Waals surface area contributed by atoms with Gasteiger partial charge in [-0.15, -0.1) is 0 Å². The SMILES string of the molecule is O=C1O[C@H]2[C@H](OC(O)[C@@H]2O)[C@@H]1O. The molecule has 0 radical (unpaired) electrons. The molecule has 2 rings (SSSR count). The zero-order valence-electron chi connectivity index (χ0n) is 5.95. The maximum atomic E-state index is 10.7. The minimum absolute atomic E-state index is 0.823. The third-order valence-electron chi connectivity index (χ3n) is 2.05. The van der Waals surface area contributed by atoms with Crippen LogP contribution in [0.5, 0.6) is 0 Å². The van der Waals surface area contributed by atoms with Crippen molar-refractivity contribution in [1.29, 1.82) is 0 Å².